The molecule has 2 aromatic carbocycles. The predicted octanol–water partition coefficient (Wildman–Crippen LogP) is 3.86. The van der Waals surface area contributed by atoms with Crippen molar-refractivity contribution in [2.45, 2.75) is 6.61 Å². The van der Waals surface area contributed by atoms with Crippen molar-refractivity contribution in [2.24, 2.45) is 0 Å². The van der Waals surface area contributed by atoms with Crippen LogP contribution in [0.3, 0.4) is 0 Å². The number of nitrogens with zero attached hydrogens (tertiary/aromatic N) is 2. The molecule has 0 bridgehead atoms. The topological polar surface area (TPSA) is 35.0 Å². The highest BCUT2D eigenvalue weighted by Crippen LogP contribution is 2.25. The molecule has 1 aromatic heterocycles. The molecule has 0 fully saturated rings. The average molecular weight is 271 g/mol. The van der Waals surface area contributed by atoms with Crippen LogP contribution in [0.2, 0.25) is 5.15 Å². The van der Waals surface area contributed by atoms with Crippen LogP contribution in [-0.4, -0.2) is 10.2 Å². The van der Waals surface area contributed by atoms with E-state index < -0.39 is 0 Å². The number of hydrogen-bond acceptors (Lipinski definition) is 3. The van der Waals surface area contributed by atoms with E-state index in [0.717, 1.165) is 22.2 Å². The van der Waals surface area contributed by atoms with Crippen LogP contribution in [0.4, 0.5) is 0 Å². The Morgan fingerprint density at radius 1 is 0.895 bits per heavy atom. The van der Waals surface area contributed by atoms with Crippen molar-refractivity contribution in [2.75, 3.05) is 0 Å². The molecular formula is C15H11ClN2O. The highest BCUT2D eigenvalue weighted by atomic mass is 35.5. The minimum absolute atomic E-state index is 0.373. The Kier molecular flexibility index (Phi) is 3.29. The Bertz CT molecular complexity index is 693. The van der Waals surface area contributed by atoms with E-state index in [9.17, 15) is 0 Å². The van der Waals surface area contributed by atoms with E-state index in [-0.39, 0.29) is 0 Å². The number of halogens is 1. The lowest BCUT2D eigenvalue weighted by atomic mass is 10.1. The van der Waals surface area contributed by atoms with E-state index >= 15 is 0 Å². The van der Waals surface area contributed by atoms with E-state index in [2.05, 4.69) is 22.3 Å². The maximum Gasteiger partial charge on any atom is 0.151 e. The first-order chi connectivity index (χ1) is 9.33. The van der Waals surface area contributed by atoms with Crippen molar-refractivity contribution in [1.29, 1.82) is 0 Å². The summed E-state index contributed by atoms with van der Waals surface area (Å²) in [5, 5.41) is 10.4. The Hall–Kier alpha value is -2.13. The summed E-state index contributed by atoms with van der Waals surface area (Å²) in [6, 6.07) is 17.6. The molecule has 0 saturated carbocycles. The molecule has 0 aliphatic heterocycles. The molecule has 3 rings (SSSR count). The standard InChI is InChI=1S/C15H11ClN2O/c16-15-9-8-12(17-18-15)10-19-14-7-3-5-11-4-1-2-6-13(11)14/h1-9H,10H2. The van der Waals surface area contributed by atoms with Crippen molar-refractivity contribution >= 4 is 22.4 Å². The van der Waals surface area contributed by atoms with Gasteiger partial charge in [0.05, 0.1) is 0 Å². The second-order valence-electron chi connectivity index (χ2n) is 4.11. The van der Waals surface area contributed by atoms with E-state index in [0.29, 0.717) is 11.8 Å². The summed E-state index contributed by atoms with van der Waals surface area (Å²) >= 11 is 5.69. The fourth-order valence-electron chi connectivity index (χ4n) is 1.89. The van der Waals surface area contributed by atoms with Crippen LogP contribution >= 0.6 is 11.6 Å². The molecule has 0 aliphatic rings. The Labute approximate surface area is 115 Å². The van der Waals surface area contributed by atoms with E-state index in [1.54, 1.807) is 12.1 Å². The Balaban J connectivity index is 1.84. The first-order valence-electron chi connectivity index (χ1n) is 5.91. The van der Waals surface area contributed by atoms with Crippen LogP contribution in [-0.2, 0) is 6.61 Å². The van der Waals surface area contributed by atoms with Gasteiger partial charge in [-0.1, -0.05) is 48.0 Å². The number of ether oxygens (including phenoxy) is 1. The van der Waals surface area contributed by atoms with E-state index in [1.807, 2.05) is 30.3 Å². The van der Waals surface area contributed by atoms with Gasteiger partial charge in [0.25, 0.3) is 0 Å². The normalized spacial score (nSPS) is 10.6. The molecule has 0 aliphatic carbocycles. The highest BCUT2D eigenvalue weighted by Gasteiger charge is 2.02. The highest BCUT2D eigenvalue weighted by molar-refractivity contribution is 6.29. The van der Waals surface area contributed by atoms with Gasteiger partial charge in [0.15, 0.2) is 5.15 Å². The fourth-order valence-corrected chi connectivity index (χ4v) is 1.99. The predicted molar refractivity (Wildman–Crippen MR) is 75.3 cm³/mol. The molecule has 94 valence electrons. The molecule has 0 atom stereocenters. The summed E-state index contributed by atoms with van der Waals surface area (Å²) < 4.78 is 5.80. The summed E-state index contributed by atoms with van der Waals surface area (Å²) in [6.45, 7) is 0.373. The van der Waals surface area contributed by atoms with Crippen LogP contribution in [0.15, 0.2) is 54.6 Å². The van der Waals surface area contributed by atoms with Crippen LogP contribution in [0, 0.1) is 0 Å². The van der Waals surface area contributed by atoms with Crippen molar-refractivity contribution in [1.82, 2.24) is 10.2 Å². The first kappa shape index (κ1) is 11.9. The van der Waals surface area contributed by atoms with Gasteiger partial charge >= 0.3 is 0 Å². The van der Waals surface area contributed by atoms with Crippen LogP contribution < -0.4 is 4.74 Å². The largest absolute Gasteiger partial charge is 0.487 e. The van der Waals surface area contributed by atoms with Gasteiger partial charge in [-0.3, -0.25) is 0 Å². The first-order valence-corrected chi connectivity index (χ1v) is 6.29. The second kappa shape index (κ2) is 5.24. The molecule has 3 aromatic rings. The lowest BCUT2D eigenvalue weighted by Crippen LogP contribution is -1.99. The fraction of sp³-hybridized carbons (Fsp3) is 0.0667. The number of benzene rings is 2. The van der Waals surface area contributed by atoms with Gasteiger partial charge in [0.2, 0.25) is 0 Å². The van der Waals surface area contributed by atoms with Crippen LogP contribution in [0.25, 0.3) is 10.8 Å². The quantitative estimate of drug-likeness (QED) is 0.725. The Morgan fingerprint density at radius 2 is 1.74 bits per heavy atom. The zero-order chi connectivity index (χ0) is 13.1. The SMILES string of the molecule is Clc1ccc(COc2cccc3ccccc23)nn1. The molecule has 19 heavy (non-hydrogen) atoms. The van der Waals surface area contributed by atoms with Gasteiger partial charge in [-0.2, -0.15) is 5.10 Å². The zero-order valence-electron chi connectivity index (χ0n) is 10.1. The van der Waals surface area contributed by atoms with Gasteiger partial charge in [-0.25, -0.2) is 0 Å². The third-order valence-electron chi connectivity index (χ3n) is 2.81. The van der Waals surface area contributed by atoms with E-state index in [1.165, 1.54) is 0 Å². The monoisotopic (exact) mass is 270 g/mol. The molecule has 0 spiro atoms. The van der Waals surface area contributed by atoms with Crippen LogP contribution in [0.5, 0.6) is 5.75 Å². The van der Waals surface area contributed by atoms with Gasteiger partial charge in [0, 0.05) is 5.39 Å². The minimum atomic E-state index is 0.373. The number of rotatable bonds is 3. The second-order valence-corrected chi connectivity index (χ2v) is 4.50. The smallest absolute Gasteiger partial charge is 0.151 e. The van der Waals surface area contributed by atoms with Gasteiger partial charge < -0.3 is 4.74 Å². The summed E-state index contributed by atoms with van der Waals surface area (Å²) in [5.74, 6) is 0.842. The third-order valence-corrected chi connectivity index (χ3v) is 3.01. The van der Waals surface area contributed by atoms with Crippen molar-refractivity contribution < 1.29 is 4.74 Å². The molecular weight excluding hydrogens is 260 g/mol. The molecule has 0 radical (unpaired) electrons. The molecule has 0 unspecified atom stereocenters. The summed E-state index contributed by atoms with van der Waals surface area (Å²) in [5.41, 5.74) is 0.748. The molecule has 0 amide bonds. The average Bonchev–Trinajstić information content (AvgIpc) is 2.47. The van der Waals surface area contributed by atoms with Gasteiger partial charge in [-0.05, 0) is 23.6 Å². The van der Waals surface area contributed by atoms with E-state index in [4.69, 9.17) is 16.3 Å². The zero-order valence-corrected chi connectivity index (χ0v) is 10.8. The van der Waals surface area contributed by atoms with Crippen molar-refractivity contribution in [3.63, 3.8) is 0 Å². The van der Waals surface area contributed by atoms with Gasteiger partial charge in [0.1, 0.15) is 18.1 Å². The van der Waals surface area contributed by atoms with Crippen molar-refractivity contribution in [3.05, 3.63) is 65.4 Å². The maximum atomic E-state index is 5.80. The lowest BCUT2D eigenvalue weighted by molar-refractivity contribution is 0.303. The molecule has 0 N–H and O–H groups in total. The number of fused-ring (bicyclic) bond motifs is 1. The minimum Gasteiger partial charge on any atom is -0.487 e. The lowest BCUT2D eigenvalue weighted by Gasteiger charge is -2.08. The molecule has 3 nitrogen and oxygen atoms in total. The number of aromatic nitrogens is 2. The summed E-state index contributed by atoms with van der Waals surface area (Å²) in [7, 11) is 0. The summed E-state index contributed by atoms with van der Waals surface area (Å²) in [4.78, 5) is 0. The maximum absolute atomic E-state index is 5.80. The number of hydrogen-bond donors (Lipinski definition) is 0. The van der Waals surface area contributed by atoms with Crippen LogP contribution in [0.1, 0.15) is 5.69 Å². The molecule has 4 heteroatoms. The third kappa shape index (κ3) is 2.66. The summed E-state index contributed by atoms with van der Waals surface area (Å²) in [6.07, 6.45) is 0. The Morgan fingerprint density at radius 3 is 2.58 bits per heavy atom. The van der Waals surface area contributed by atoms with Crippen molar-refractivity contribution in [3.8, 4) is 5.75 Å². The van der Waals surface area contributed by atoms with Gasteiger partial charge in [-0.15, -0.1) is 5.10 Å². The molecule has 0 saturated heterocycles. The molecule has 1 heterocycles.